The summed E-state index contributed by atoms with van der Waals surface area (Å²) >= 11 is 0. The average molecular weight is 743 g/mol. The Bertz CT molecular complexity index is 1450. The summed E-state index contributed by atoms with van der Waals surface area (Å²) in [6, 6.07) is 14.9. The Kier molecular flexibility index (Phi) is 19.8. The Labute approximate surface area is 310 Å². The van der Waals surface area contributed by atoms with Crippen LogP contribution in [0.3, 0.4) is 0 Å². The second-order valence-electron chi connectivity index (χ2n) is 13.0. The minimum Gasteiger partial charge on any atom is -0.493 e. The van der Waals surface area contributed by atoms with Crippen LogP contribution in [0.25, 0.3) is 6.08 Å². The molecule has 1 amide bonds. The number of methoxy groups -OCH3 is 1. The molecule has 14 heteroatoms. The highest BCUT2D eigenvalue weighted by Crippen LogP contribution is 2.38. The number of aliphatic hydroxyl groups excluding tert-OH is 3. The number of carbonyl (C=O) groups is 3. The molecule has 0 spiro atoms. The molecule has 53 heavy (non-hydrogen) atoms. The molecule has 0 bridgehead atoms. The van der Waals surface area contributed by atoms with Crippen LogP contribution >= 0.6 is 0 Å². The summed E-state index contributed by atoms with van der Waals surface area (Å²) in [5.74, 6) is -1.15. The normalized spacial score (nSPS) is 19.2. The third-order valence-electron chi connectivity index (χ3n) is 9.04. The van der Waals surface area contributed by atoms with Crippen LogP contribution < -0.4 is 14.8 Å². The monoisotopic (exact) mass is 742 g/mol. The zero-order valence-corrected chi connectivity index (χ0v) is 30.3. The van der Waals surface area contributed by atoms with Crippen molar-refractivity contribution in [3.8, 4) is 11.5 Å². The molecule has 1 aliphatic rings. The van der Waals surface area contributed by atoms with Crippen LogP contribution in [0.15, 0.2) is 66.8 Å². The van der Waals surface area contributed by atoms with Crippen LogP contribution in [-0.2, 0) is 30.4 Å². The lowest BCUT2D eigenvalue weighted by Gasteiger charge is -2.23. The van der Waals surface area contributed by atoms with E-state index in [0.717, 1.165) is 6.42 Å². The predicted molar refractivity (Wildman–Crippen MR) is 193 cm³/mol. The van der Waals surface area contributed by atoms with E-state index in [9.17, 15) is 29.7 Å². The van der Waals surface area contributed by atoms with Gasteiger partial charge in [0.05, 0.1) is 37.4 Å². The third kappa shape index (κ3) is 17.0. The molecular weight excluding hydrogens is 688 g/mol. The van der Waals surface area contributed by atoms with E-state index in [4.69, 9.17) is 24.6 Å². The van der Waals surface area contributed by atoms with Crippen molar-refractivity contribution in [2.45, 2.75) is 88.9 Å². The lowest BCUT2D eigenvalue weighted by Crippen LogP contribution is -2.31. The molecule has 1 aliphatic carbocycles. The van der Waals surface area contributed by atoms with Crippen molar-refractivity contribution in [1.82, 2.24) is 10.7 Å². The maximum absolute atomic E-state index is 12.4. The largest absolute Gasteiger partial charge is 0.493 e. The smallest absolute Gasteiger partial charge is 0.330 e. The van der Waals surface area contributed by atoms with E-state index >= 15 is 0 Å². The molecule has 0 aliphatic heterocycles. The van der Waals surface area contributed by atoms with E-state index in [1.807, 2.05) is 42.5 Å². The molecule has 0 aromatic heterocycles. The summed E-state index contributed by atoms with van der Waals surface area (Å²) in [5.41, 5.74) is 1.88. The van der Waals surface area contributed by atoms with Crippen LogP contribution in [0.2, 0.25) is 0 Å². The minimum absolute atomic E-state index is 0.0137. The van der Waals surface area contributed by atoms with Gasteiger partial charge in [-0.15, -0.1) is 0 Å². The topological polar surface area (TPSA) is 205 Å². The second-order valence-corrected chi connectivity index (χ2v) is 13.0. The molecule has 1 saturated carbocycles. The van der Waals surface area contributed by atoms with Gasteiger partial charge in [0.15, 0.2) is 11.5 Å². The van der Waals surface area contributed by atoms with E-state index < -0.39 is 35.6 Å². The van der Waals surface area contributed by atoms with Gasteiger partial charge in [0.2, 0.25) is 5.91 Å². The van der Waals surface area contributed by atoms with Gasteiger partial charge in [-0.2, -0.15) is 0 Å². The van der Waals surface area contributed by atoms with Crippen molar-refractivity contribution in [2.24, 2.45) is 11.8 Å². The minimum atomic E-state index is -0.668. The number of aliphatic hydroxyl groups is 3. The number of amides is 1. The zero-order valence-electron chi connectivity index (χ0n) is 30.3. The van der Waals surface area contributed by atoms with E-state index in [-0.39, 0.29) is 62.5 Å². The number of nitrogens with zero attached hydrogens (tertiary/aromatic N) is 1. The van der Waals surface area contributed by atoms with Crippen molar-refractivity contribution < 1.29 is 59.2 Å². The average Bonchev–Trinajstić information content (AvgIpc) is 3.42. The Hall–Kier alpha value is -4.15. The van der Waals surface area contributed by atoms with Gasteiger partial charge in [0.1, 0.15) is 13.2 Å². The van der Waals surface area contributed by atoms with Crippen LogP contribution in [0.1, 0.15) is 75.3 Å². The summed E-state index contributed by atoms with van der Waals surface area (Å²) < 4.78 is 15.8. The molecule has 3 rings (SSSR count). The fraction of sp³-hybridized carbons (Fsp3) is 0.513. The number of allylic oxidation sites excluding steroid dienone is 2. The summed E-state index contributed by atoms with van der Waals surface area (Å²) in [4.78, 5) is 40.8. The van der Waals surface area contributed by atoms with E-state index in [2.05, 4.69) is 10.2 Å². The van der Waals surface area contributed by atoms with Gasteiger partial charge < -0.3 is 34.8 Å². The highest BCUT2D eigenvalue weighted by Gasteiger charge is 2.40. The fourth-order valence-electron chi connectivity index (χ4n) is 6.22. The van der Waals surface area contributed by atoms with Crippen molar-refractivity contribution >= 4 is 23.9 Å². The van der Waals surface area contributed by atoms with Crippen LogP contribution in [-0.4, -0.2) is 94.1 Å². The lowest BCUT2D eigenvalue weighted by molar-refractivity contribution is -0.492. The molecular formula is C39H54N2O12. The predicted octanol–water partition coefficient (Wildman–Crippen LogP) is 4.31. The summed E-state index contributed by atoms with van der Waals surface area (Å²) in [6.45, 7) is -0.368. The quantitative estimate of drug-likeness (QED) is 0.0292. The van der Waals surface area contributed by atoms with Crippen molar-refractivity contribution in [2.75, 3.05) is 26.9 Å². The number of hydrogen-bond donors (Lipinski definition) is 6. The SMILES string of the molecule is COc1cc(/C=C/COC(=O)CCCON(O)O)ccc1OC(=O)CNC(=O)CCC/C=C\C[C@@H]1[C@@H](CC[C@@H](O)CCc2ccccc2)[C@H](O)C[C@@H]1O. The van der Waals surface area contributed by atoms with E-state index in [1.165, 1.54) is 12.7 Å². The van der Waals surface area contributed by atoms with E-state index in [1.54, 1.807) is 30.4 Å². The number of benzene rings is 2. The number of hydrogen-bond acceptors (Lipinski definition) is 13. The molecule has 6 N–H and O–H groups in total. The highest BCUT2D eigenvalue weighted by molar-refractivity contribution is 5.83. The van der Waals surface area contributed by atoms with Crippen LogP contribution in [0, 0.1) is 11.8 Å². The van der Waals surface area contributed by atoms with Gasteiger partial charge in [0, 0.05) is 12.8 Å². The van der Waals surface area contributed by atoms with Gasteiger partial charge in [0.25, 0.3) is 0 Å². The van der Waals surface area contributed by atoms with Gasteiger partial charge in [-0.05, 0) is 99.0 Å². The molecule has 14 nitrogen and oxygen atoms in total. The Balaban J connectivity index is 1.30. The molecule has 0 radical (unpaired) electrons. The first-order valence-corrected chi connectivity index (χ1v) is 18.1. The molecule has 292 valence electrons. The van der Waals surface area contributed by atoms with Crippen molar-refractivity contribution in [3.63, 3.8) is 0 Å². The molecule has 2 aromatic rings. The molecule has 0 heterocycles. The summed E-state index contributed by atoms with van der Waals surface area (Å²) in [6.07, 6.45) is 10.9. The van der Waals surface area contributed by atoms with Gasteiger partial charge >= 0.3 is 11.9 Å². The number of ether oxygens (including phenoxy) is 3. The molecule has 0 saturated heterocycles. The Morgan fingerprint density at radius 2 is 1.70 bits per heavy atom. The second kappa shape index (κ2) is 24.2. The van der Waals surface area contributed by atoms with Crippen LogP contribution in [0.4, 0.5) is 0 Å². The molecule has 5 atom stereocenters. The third-order valence-corrected chi connectivity index (χ3v) is 9.04. The van der Waals surface area contributed by atoms with Crippen molar-refractivity contribution in [3.05, 3.63) is 77.9 Å². The van der Waals surface area contributed by atoms with Crippen molar-refractivity contribution in [1.29, 1.82) is 0 Å². The van der Waals surface area contributed by atoms with Gasteiger partial charge in [-0.1, -0.05) is 54.6 Å². The van der Waals surface area contributed by atoms with Gasteiger partial charge in [-0.25, -0.2) is 4.79 Å². The number of unbranched alkanes of at least 4 members (excludes halogenated alkanes) is 1. The first-order valence-electron chi connectivity index (χ1n) is 18.1. The first-order chi connectivity index (χ1) is 25.5. The zero-order chi connectivity index (χ0) is 38.4. The summed E-state index contributed by atoms with van der Waals surface area (Å²) in [5, 5.41) is 50.7. The maximum Gasteiger partial charge on any atom is 0.330 e. The Morgan fingerprint density at radius 3 is 2.45 bits per heavy atom. The number of rotatable bonds is 24. The number of carbonyl (C=O) groups excluding carboxylic acids is 3. The number of esters is 2. The maximum atomic E-state index is 12.4. The fourth-order valence-corrected chi connectivity index (χ4v) is 6.22. The molecule has 0 unspecified atom stereocenters. The number of aryl methyl sites for hydroxylation is 1. The van der Waals surface area contributed by atoms with Crippen LogP contribution in [0.5, 0.6) is 11.5 Å². The Morgan fingerprint density at radius 1 is 0.925 bits per heavy atom. The summed E-state index contributed by atoms with van der Waals surface area (Å²) in [7, 11) is 1.42. The molecule has 1 fully saturated rings. The lowest BCUT2D eigenvalue weighted by atomic mass is 9.85. The first kappa shape index (κ1) is 43.3. The molecule has 2 aromatic carbocycles. The van der Waals surface area contributed by atoms with Gasteiger partial charge in [-0.3, -0.25) is 24.8 Å². The number of nitrogens with one attached hydrogen (secondary N) is 1. The van der Waals surface area contributed by atoms with E-state index in [0.29, 0.717) is 56.3 Å². The standard InChI is InChI=1S/C39H54N2O12/c1-50-36-25-29(13-9-23-51-38(46)16-10-24-52-41(48)49)18-22-35(36)53-39(47)27-40-37(45)15-8-3-2-7-14-31-32(34(44)26-33(31)43)21-20-30(42)19-17-28-11-5-4-6-12-28/h2,4-7,9,11-13,18,22,25,30-34,42-44,48-49H,3,8,10,14-17,19-21,23-24,26-27H2,1H3,(H,40,45)/b7-2-,13-9+/t30-,31+,32+,33-,34+/m0/s1. The highest BCUT2D eigenvalue weighted by atomic mass is 17.1.